The predicted octanol–water partition coefficient (Wildman–Crippen LogP) is 4.85. The lowest BCUT2D eigenvalue weighted by Gasteiger charge is -2.32. The Morgan fingerprint density at radius 3 is 2.46 bits per heavy atom. The summed E-state index contributed by atoms with van der Waals surface area (Å²) in [7, 11) is 0. The summed E-state index contributed by atoms with van der Waals surface area (Å²) in [5.74, 6) is -1.43. The normalized spacial score (nSPS) is 23.1. The number of hydrogen-bond acceptors (Lipinski definition) is 6. The number of esters is 2. The smallest absolute Gasteiger partial charge is 0.333 e. The lowest BCUT2D eigenvalue weighted by molar-refractivity contribution is -0.153. The molecule has 4 rings (SSSR count). The average molecular weight is 524 g/mol. The van der Waals surface area contributed by atoms with E-state index in [1.54, 1.807) is 44.2 Å². The highest BCUT2D eigenvalue weighted by molar-refractivity contribution is 6.31. The highest BCUT2D eigenvalue weighted by atomic mass is 35.5. The van der Waals surface area contributed by atoms with E-state index in [9.17, 15) is 19.5 Å². The van der Waals surface area contributed by atoms with Crippen molar-refractivity contribution < 1.29 is 29.0 Å². The molecule has 0 saturated carbocycles. The van der Waals surface area contributed by atoms with Gasteiger partial charge >= 0.3 is 11.9 Å². The minimum atomic E-state index is -2.03. The van der Waals surface area contributed by atoms with Gasteiger partial charge in [-0.25, -0.2) is 4.79 Å². The number of carbonyl (C=O) groups is 3. The molecule has 0 aromatic heterocycles. The average Bonchev–Trinajstić information content (AvgIpc) is 3.10. The molecule has 1 aliphatic carbocycles. The van der Waals surface area contributed by atoms with Crippen molar-refractivity contribution in [2.24, 2.45) is 5.41 Å². The number of nitrogens with zero attached hydrogens (tertiary/aromatic N) is 1. The highest BCUT2D eigenvalue weighted by Crippen LogP contribution is 2.45. The Morgan fingerprint density at radius 1 is 1.08 bits per heavy atom. The first kappa shape index (κ1) is 26.6. The van der Waals surface area contributed by atoms with Gasteiger partial charge < -0.3 is 19.5 Å². The van der Waals surface area contributed by atoms with E-state index >= 15 is 0 Å². The first-order valence-corrected chi connectivity index (χ1v) is 12.7. The van der Waals surface area contributed by atoms with Gasteiger partial charge in [0.15, 0.2) is 5.60 Å². The van der Waals surface area contributed by atoms with Crippen LogP contribution in [0.3, 0.4) is 0 Å². The van der Waals surface area contributed by atoms with E-state index in [2.05, 4.69) is 0 Å². The Balaban J connectivity index is 1.71. The van der Waals surface area contributed by atoms with Crippen LogP contribution in [0.4, 0.5) is 5.69 Å². The topological polar surface area (TPSA) is 93.1 Å². The van der Waals surface area contributed by atoms with Gasteiger partial charge in [-0.15, -0.1) is 0 Å². The van der Waals surface area contributed by atoms with Crippen LogP contribution in [0.15, 0.2) is 72.3 Å². The van der Waals surface area contributed by atoms with Crippen LogP contribution in [-0.4, -0.2) is 36.2 Å². The van der Waals surface area contributed by atoms with Crippen molar-refractivity contribution in [2.75, 3.05) is 18.1 Å². The maximum atomic E-state index is 13.7. The summed E-state index contributed by atoms with van der Waals surface area (Å²) in [6.45, 7) is 4.15. The number of halogens is 1. The van der Waals surface area contributed by atoms with Crippen molar-refractivity contribution in [3.8, 4) is 0 Å². The second kappa shape index (κ2) is 10.9. The molecule has 37 heavy (non-hydrogen) atoms. The number of allylic oxidation sites excluding steroid dienone is 1. The van der Waals surface area contributed by atoms with Crippen LogP contribution in [0.5, 0.6) is 0 Å². The largest absolute Gasteiger partial charge is 0.465 e. The molecule has 1 amide bonds. The number of rotatable bonds is 8. The number of aliphatic hydroxyl groups is 1. The summed E-state index contributed by atoms with van der Waals surface area (Å²) in [6.07, 6.45) is 5.35. The lowest BCUT2D eigenvalue weighted by Crippen LogP contribution is -2.40. The summed E-state index contributed by atoms with van der Waals surface area (Å²) in [4.78, 5) is 40.5. The van der Waals surface area contributed by atoms with E-state index in [0.29, 0.717) is 28.3 Å². The molecule has 2 aromatic rings. The molecule has 0 fully saturated rings. The van der Waals surface area contributed by atoms with Gasteiger partial charge in [0.25, 0.3) is 5.91 Å². The van der Waals surface area contributed by atoms with Crippen molar-refractivity contribution in [2.45, 2.75) is 45.3 Å². The van der Waals surface area contributed by atoms with Crippen LogP contribution in [0.25, 0.3) is 0 Å². The van der Waals surface area contributed by atoms with Gasteiger partial charge in [0, 0.05) is 16.2 Å². The molecule has 7 nitrogen and oxygen atoms in total. The quantitative estimate of drug-likeness (QED) is 0.392. The van der Waals surface area contributed by atoms with Gasteiger partial charge in [-0.2, -0.15) is 0 Å². The van der Waals surface area contributed by atoms with Crippen molar-refractivity contribution in [3.63, 3.8) is 0 Å². The van der Waals surface area contributed by atoms with Gasteiger partial charge in [0.2, 0.25) is 0 Å². The maximum absolute atomic E-state index is 13.7. The van der Waals surface area contributed by atoms with E-state index in [-0.39, 0.29) is 32.6 Å². The van der Waals surface area contributed by atoms with Gasteiger partial charge in [-0.3, -0.25) is 9.59 Å². The molecule has 1 aliphatic heterocycles. The number of carbonyl (C=O) groups excluding carboxylic acids is 3. The van der Waals surface area contributed by atoms with Gasteiger partial charge in [-0.1, -0.05) is 54.1 Å². The second-order valence-electron chi connectivity index (χ2n) is 9.17. The maximum Gasteiger partial charge on any atom is 0.333 e. The van der Waals surface area contributed by atoms with Crippen LogP contribution in [0.1, 0.15) is 44.2 Å². The van der Waals surface area contributed by atoms with Crippen LogP contribution in [0, 0.1) is 5.41 Å². The van der Waals surface area contributed by atoms with Gasteiger partial charge in [0.05, 0.1) is 30.9 Å². The fraction of sp³-hybridized carbons (Fsp3) is 0.345. The molecule has 2 aliphatic rings. The Hall–Kier alpha value is -3.42. The number of amides is 1. The highest BCUT2D eigenvalue weighted by Gasteiger charge is 2.49. The summed E-state index contributed by atoms with van der Waals surface area (Å²) in [6, 6.07) is 14.4. The van der Waals surface area contributed by atoms with E-state index in [4.69, 9.17) is 21.1 Å². The van der Waals surface area contributed by atoms with E-state index < -0.39 is 28.9 Å². The third kappa shape index (κ3) is 5.20. The van der Waals surface area contributed by atoms with Crippen LogP contribution < -0.4 is 4.90 Å². The van der Waals surface area contributed by atoms with E-state index in [0.717, 1.165) is 5.56 Å². The standard InChI is InChI=1S/C29H30ClNO6/c1-3-36-25(32)21-12-14-28(15-13-21,27(34)37-4-2)16-17-29(35)23-18-22(30)10-11-24(23)31(26(29)33)19-20-8-6-5-7-9-20/h5-12,16-18,35H,3-4,13-15,19H2,1-2H3/b17-16+. The Labute approximate surface area is 221 Å². The SMILES string of the molecule is CCOC(=O)C1=CCC(/C=C/C2(O)C(=O)N(Cc3ccccc3)c3ccc(Cl)cc32)(C(=O)OCC)CC1. The molecule has 2 atom stereocenters. The first-order valence-electron chi connectivity index (χ1n) is 12.4. The molecule has 1 heterocycles. The first-order chi connectivity index (χ1) is 17.7. The predicted molar refractivity (Wildman–Crippen MR) is 140 cm³/mol. The minimum absolute atomic E-state index is 0.176. The van der Waals surface area contributed by atoms with Crippen molar-refractivity contribution in [1.82, 2.24) is 0 Å². The monoisotopic (exact) mass is 523 g/mol. The lowest BCUT2D eigenvalue weighted by atomic mass is 9.73. The molecule has 1 N–H and O–H groups in total. The van der Waals surface area contributed by atoms with Crippen LogP contribution >= 0.6 is 11.6 Å². The van der Waals surface area contributed by atoms with Crippen LogP contribution in [0.2, 0.25) is 5.02 Å². The zero-order valence-corrected chi connectivity index (χ0v) is 21.7. The Morgan fingerprint density at radius 2 is 1.81 bits per heavy atom. The zero-order chi connectivity index (χ0) is 26.6. The molecule has 0 radical (unpaired) electrons. The van der Waals surface area contributed by atoms with E-state index in [1.165, 1.54) is 11.0 Å². The molecule has 0 spiro atoms. The molecule has 0 bridgehead atoms. The fourth-order valence-electron chi connectivity index (χ4n) is 4.80. The number of anilines is 1. The third-order valence-electron chi connectivity index (χ3n) is 6.83. The number of ether oxygens (including phenoxy) is 2. The molecule has 2 aromatic carbocycles. The summed E-state index contributed by atoms with van der Waals surface area (Å²) in [5, 5.41) is 12.1. The molecule has 194 valence electrons. The van der Waals surface area contributed by atoms with Crippen molar-refractivity contribution in [3.05, 3.63) is 88.5 Å². The summed E-state index contributed by atoms with van der Waals surface area (Å²) >= 11 is 6.25. The zero-order valence-electron chi connectivity index (χ0n) is 20.9. The summed E-state index contributed by atoms with van der Waals surface area (Å²) in [5.41, 5.74) is -0.889. The van der Waals surface area contributed by atoms with Gasteiger partial charge in [-0.05, 0) is 62.9 Å². The van der Waals surface area contributed by atoms with Crippen LogP contribution in [-0.2, 0) is 36.0 Å². The van der Waals surface area contributed by atoms with Crippen molar-refractivity contribution >= 4 is 35.1 Å². The number of fused-ring (bicyclic) bond motifs is 1. The molecule has 8 heteroatoms. The molecular weight excluding hydrogens is 494 g/mol. The summed E-state index contributed by atoms with van der Waals surface area (Å²) < 4.78 is 10.5. The van der Waals surface area contributed by atoms with E-state index in [1.807, 2.05) is 30.3 Å². The second-order valence-corrected chi connectivity index (χ2v) is 9.61. The number of benzene rings is 2. The fourth-order valence-corrected chi connectivity index (χ4v) is 4.97. The minimum Gasteiger partial charge on any atom is -0.465 e. The Kier molecular flexibility index (Phi) is 7.85. The molecule has 2 unspecified atom stereocenters. The molecule has 0 saturated heterocycles. The molecular formula is C29H30ClNO6. The Bertz CT molecular complexity index is 1260. The van der Waals surface area contributed by atoms with Gasteiger partial charge in [0.1, 0.15) is 0 Å². The third-order valence-corrected chi connectivity index (χ3v) is 7.07. The van der Waals surface area contributed by atoms with Crippen molar-refractivity contribution in [1.29, 1.82) is 0 Å². The number of hydrogen-bond donors (Lipinski definition) is 1.